The Bertz CT molecular complexity index is 1590. The third-order valence-electron chi connectivity index (χ3n) is 6.81. The molecule has 228 valence electrons. The van der Waals surface area contributed by atoms with Gasteiger partial charge < -0.3 is 29.6 Å². The van der Waals surface area contributed by atoms with Crippen LogP contribution in [-0.2, 0) is 4.74 Å². The number of hydrogen-bond acceptors (Lipinski definition) is 7. The Morgan fingerprint density at radius 1 is 1.00 bits per heavy atom. The summed E-state index contributed by atoms with van der Waals surface area (Å²) in [5.74, 6) is 0.666. The minimum absolute atomic E-state index is 0.0500. The van der Waals surface area contributed by atoms with Gasteiger partial charge in [-0.25, -0.2) is 9.18 Å². The summed E-state index contributed by atoms with van der Waals surface area (Å²) in [4.78, 5) is 18.5. The predicted octanol–water partition coefficient (Wildman–Crippen LogP) is 6.11. The number of morpholine rings is 1. The van der Waals surface area contributed by atoms with Gasteiger partial charge in [-0.15, -0.1) is 0 Å². The molecule has 0 unspecified atom stereocenters. The molecule has 43 heavy (non-hydrogen) atoms. The summed E-state index contributed by atoms with van der Waals surface area (Å²) >= 11 is 0. The number of nitrogens with zero attached hydrogens (tertiary/aromatic N) is 2. The van der Waals surface area contributed by atoms with Gasteiger partial charge in [-0.2, -0.15) is 13.2 Å². The highest BCUT2D eigenvalue weighted by molar-refractivity contribution is 5.94. The zero-order chi connectivity index (χ0) is 30.4. The molecule has 1 saturated heterocycles. The topological polar surface area (TPSA) is 94.2 Å². The number of pyridine rings is 1. The molecule has 0 atom stereocenters. The van der Waals surface area contributed by atoms with E-state index in [2.05, 4.69) is 15.2 Å². The van der Waals surface area contributed by atoms with Gasteiger partial charge in [0.25, 0.3) is 0 Å². The lowest BCUT2D eigenvalue weighted by atomic mass is 10.1. The van der Waals surface area contributed by atoms with E-state index in [4.69, 9.17) is 18.9 Å². The largest absolute Gasteiger partial charge is 0.493 e. The fraction of sp³-hybridized carbons (Fsp3) is 0.333. The number of halogens is 4. The van der Waals surface area contributed by atoms with E-state index in [9.17, 15) is 18.0 Å². The van der Waals surface area contributed by atoms with E-state index in [0.29, 0.717) is 40.1 Å². The van der Waals surface area contributed by atoms with Crippen molar-refractivity contribution in [2.75, 3.05) is 58.4 Å². The van der Waals surface area contributed by atoms with Crippen molar-refractivity contribution < 1.29 is 41.3 Å². The van der Waals surface area contributed by atoms with Gasteiger partial charge in [-0.1, -0.05) is 6.07 Å². The number of fused-ring (bicyclic) bond motifs is 2. The highest BCUT2D eigenvalue weighted by Crippen LogP contribution is 2.38. The first-order chi connectivity index (χ1) is 20.7. The molecule has 0 saturated carbocycles. The van der Waals surface area contributed by atoms with Crippen molar-refractivity contribution in [2.45, 2.75) is 12.6 Å². The van der Waals surface area contributed by atoms with Gasteiger partial charge in [0.15, 0.2) is 23.1 Å². The molecule has 0 aliphatic carbocycles. The van der Waals surface area contributed by atoms with E-state index in [1.807, 2.05) is 0 Å². The molecule has 2 N–H and O–H groups in total. The van der Waals surface area contributed by atoms with E-state index in [-0.39, 0.29) is 16.8 Å². The maximum absolute atomic E-state index is 15.5. The molecule has 1 aliphatic rings. The van der Waals surface area contributed by atoms with Gasteiger partial charge in [0.2, 0.25) is 0 Å². The molecule has 5 rings (SSSR count). The molecular formula is C30H30F4N4O5. The molecule has 0 spiro atoms. The van der Waals surface area contributed by atoms with Crippen LogP contribution < -0.4 is 24.8 Å². The molecule has 3 aromatic carbocycles. The predicted molar refractivity (Wildman–Crippen MR) is 153 cm³/mol. The molecule has 9 nitrogen and oxygen atoms in total. The number of alkyl halides is 3. The van der Waals surface area contributed by atoms with Crippen LogP contribution >= 0.6 is 0 Å². The Kier molecular flexibility index (Phi) is 9.31. The number of benzene rings is 3. The van der Waals surface area contributed by atoms with Crippen molar-refractivity contribution in [1.82, 2.24) is 15.2 Å². The number of nitrogens with one attached hydrogen (secondary N) is 2. The van der Waals surface area contributed by atoms with Crippen LogP contribution in [0.1, 0.15) is 6.42 Å². The highest BCUT2D eigenvalue weighted by Gasteiger charge is 2.27. The molecule has 1 fully saturated rings. The third-order valence-corrected chi connectivity index (χ3v) is 6.81. The lowest BCUT2D eigenvalue weighted by Gasteiger charge is -2.26. The highest BCUT2D eigenvalue weighted by atomic mass is 19.4. The molecular weight excluding hydrogens is 572 g/mol. The van der Waals surface area contributed by atoms with Crippen molar-refractivity contribution >= 4 is 33.4 Å². The van der Waals surface area contributed by atoms with Gasteiger partial charge in [-0.3, -0.25) is 9.88 Å². The van der Waals surface area contributed by atoms with E-state index >= 15 is 4.39 Å². The van der Waals surface area contributed by atoms with E-state index < -0.39 is 24.6 Å². The number of rotatable bonds is 10. The Balaban J connectivity index is 1.29. The van der Waals surface area contributed by atoms with E-state index in [1.165, 1.54) is 31.4 Å². The van der Waals surface area contributed by atoms with Gasteiger partial charge >= 0.3 is 12.2 Å². The molecule has 2 heterocycles. The van der Waals surface area contributed by atoms with Crippen LogP contribution in [0.15, 0.2) is 54.7 Å². The SMILES string of the molecule is COc1cc2c(Oc3ccc4cc(NC(=O)NCC(F)(F)F)ccc4c3F)ccnc2cc1OCCCN1CCOCC1. The van der Waals surface area contributed by atoms with Crippen molar-refractivity contribution in [1.29, 1.82) is 0 Å². The van der Waals surface area contributed by atoms with Gasteiger partial charge in [0.05, 0.1) is 32.4 Å². The van der Waals surface area contributed by atoms with Crippen LogP contribution in [-0.4, -0.2) is 75.2 Å². The number of methoxy groups -OCH3 is 1. The summed E-state index contributed by atoms with van der Waals surface area (Å²) in [6.07, 6.45) is -2.15. The molecule has 1 aliphatic heterocycles. The van der Waals surface area contributed by atoms with Crippen molar-refractivity contribution in [3.63, 3.8) is 0 Å². The van der Waals surface area contributed by atoms with Crippen LogP contribution in [0.5, 0.6) is 23.0 Å². The summed E-state index contributed by atoms with van der Waals surface area (Å²) in [5.41, 5.74) is 0.772. The number of urea groups is 1. The molecule has 4 aromatic rings. The van der Waals surface area contributed by atoms with Crippen LogP contribution in [0.4, 0.5) is 28.0 Å². The lowest BCUT2D eigenvalue weighted by Crippen LogP contribution is -2.37. The Hall–Kier alpha value is -4.36. The lowest BCUT2D eigenvalue weighted by molar-refractivity contribution is -0.122. The summed E-state index contributed by atoms with van der Waals surface area (Å²) < 4.78 is 75.4. The number of carbonyl (C=O) groups is 1. The van der Waals surface area contributed by atoms with E-state index in [0.717, 1.165) is 39.3 Å². The van der Waals surface area contributed by atoms with Crippen LogP contribution in [0.25, 0.3) is 21.7 Å². The second-order valence-corrected chi connectivity index (χ2v) is 9.82. The fourth-order valence-electron chi connectivity index (χ4n) is 4.69. The average Bonchev–Trinajstić information content (AvgIpc) is 2.99. The Morgan fingerprint density at radius 3 is 2.58 bits per heavy atom. The fourth-order valence-corrected chi connectivity index (χ4v) is 4.69. The number of hydrogen-bond donors (Lipinski definition) is 2. The van der Waals surface area contributed by atoms with Crippen molar-refractivity contribution in [3.05, 3.63) is 60.5 Å². The van der Waals surface area contributed by atoms with Crippen molar-refractivity contribution in [2.24, 2.45) is 0 Å². The normalized spacial score (nSPS) is 14.1. The molecule has 13 heteroatoms. The maximum atomic E-state index is 15.5. The Labute approximate surface area is 244 Å². The summed E-state index contributed by atoms with van der Waals surface area (Å²) in [6, 6.07) is 11.3. The smallest absolute Gasteiger partial charge is 0.405 e. The standard InChI is InChI=1S/C30H30F4N4O5/c1-40-26-16-22-23(17-27(26)42-12-2-9-38-10-13-41-14-11-38)35-8-7-24(22)43-25-6-3-19-15-20(4-5-21(19)28(25)31)37-29(39)36-18-30(32,33)34/h3-8,15-17H,2,9-14,18H2,1H3,(H2,36,37,39). The summed E-state index contributed by atoms with van der Waals surface area (Å²) in [5, 5.41) is 5.22. The monoisotopic (exact) mass is 602 g/mol. The minimum atomic E-state index is -4.54. The van der Waals surface area contributed by atoms with Crippen molar-refractivity contribution in [3.8, 4) is 23.0 Å². The minimum Gasteiger partial charge on any atom is -0.493 e. The average molecular weight is 603 g/mol. The van der Waals surface area contributed by atoms with Crippen LogP contribution in [0, 0.1) is 5.82 Å². The quantitative estimate of drug-likeness (QED) is 0.167. The molecule has 0 radical (unpaired) electrons. The van der Waals surface area contributed by atoms with Crippen LogP contribution in [0.2, 0.25) is 0 Å². The first-order valence-electron chi connectivity index (χ1n) is 13.6. The third kappa shape index (κ3) is 7.73. The first kappa shape index (κ1) is 30.1. The zero-order valence-corrected chi connectivity index (χ0v) is 23.3. The maximum Gasteiger partial charge on any atom is 0.405 e. The van der Waals surface area contributed by atoms with E-state index in [1.54, 1.807) is 35.8 Å². The van der Waals surface area contributed by atoms with Crippen LogP contribution in [0.3, 0.4) is 0 Å². The zero-order valence-electron chi connectivity index (χ0n) is 23.3. The number of anilines is 1. The summed E-state index contributed by atoms with van der Waals surface area (Å²) in [7, 11) is 1.53. The second kappa shape index (κ2) is 13.3. The second-order valence-electron chi connectivity index (χ2n) is 9.82. The molecule has 0 bridgehead atoms. The number of ether oxygens (including phenoxy) is 4. The molecule has 2 amide bonds. The molecule has 1 aromatic heterocycles. The Morgan fingerprint density at radius 2 is 1.81 bits per heavy atom. The van der Waals surface area contributed by atoms with Gasteiger partial charge in [-0.05, 0) is 48.2 Å². The number of carbonyl (C=O) groups excluding carboxylic acids is 1. The number of amides is 2. The summed E-state index contributed by atoms with van der Waals surface area (Å²) in [6.45, 7) is 3.24. The van der Waals surface area contributed by atoms with Gasteiger partial charge in [0.1, 0.15) is 12.3 Å². The number of aromatic nitrogens is 1. The first-order valence-corrected chi connectivity index (χ1v) is 13.6. The van der Waals surface area contributed by atoms with Gasteiger partial charge in [0, 0.05) is 48.4 Å².